The largest absolute Gasteiger partial charge is 0.352 e. The molecule has 202 valence electrons. The summed E-state index contributed by atoms with van der Waals surface area (Å²) in [6, 6.07) is 19.7. The van der Waals surface area contributed by atoms with Crippen LogP contribution in [0.3, 0.4) is 0 Å². The molecular weight excluding hydrogens is 634 g/mol. The van der Waals surface area contributed by atoms with Gasteiger partial charge >= 0.3 is 0 Å². The van der Waals surface area contributed by atoms with Gasteiger partial charge in [-0.15, -0.1) is 0 Å². The normalized spacial score (nSPS) is 12.2. The van der Waals surface area contributed by atoms with E-state index in [-0.39, 0.29) is 23.4 Å². The molecule has 0 aliphatic rings. The Balaban J connectivity index is 2.03. The average Bonchev–Trinajstić information content (AvgIpc) is 2.85. The number of amides is 2. The lowest BCUT2D eigenvalue weighted by Crippen LogP contribution is -2.52. The number of rotatable bonds is 10. The fraction of sp³-hybridized carbons (Fsp3) is 0.286. The number of halogens is 2. The maximum atomic E-state index is 13.9. The van der Waals surface area contributed by atoms with Gasteiger partial charge in [-0.25, -0.2) is 8.42 Å². The standard InChI is InChI=1S/C28H31Br2N3O4S/c1-19(2)31-28(35)21(4)32(17-22-7-5-8-23(29)15-22)27(34)18-33(25-10-6-9-24(30)16-25)38(36,37)26-13-11-20(3)12-14-26/h5-16,19,21H,17-18H2,1-4H3,(H,31,35). The lowest BCUT2D eigenvalue weighted by atomic mass is 10.1. The number of nitrogens with zero attached hydrogens (tertiary/aromatic N) is 2. The number of nitrogens with one attached hydrogen (secondary N) is 1. The third-order valence-corrected chi connectivity index (χ3v) is 8.60. The third-order valence-electron chi connectivity index (χ3n) is 5.82. The van der Waals surface area contributed by atoms with Gasteiger partial charge < -0.3 is 10.2 Å². The van der Waals surface area contributed by atoms with Crippen molar-refractivity contribution in [3.05, 3.63) is 92.9 Å². The first-order chi connectivity index (χ1) is 17.9. The second-order valence-electron chi connectivity index (χ2n) is 9.30. The number of carbonyl (C=O) groups excluding carboxylic acids is 2. The van der Waals surface area contributed by atoms with Gasteiger partial charge in [0.15, 0.2) is 0 Å². The summed E-state index contributed by atoms with van der Waals surface area (Å²) in [6.07, 6.45) is 0. The highest BCUT2D eigenvalue weighted by molar-refractivity contribution is 9.10. The van der Waals surface area contributed by atoms with Crippen LogP contribution in [0.2, 0.25) is 0 Å². The van der Waals surface area contributed by atoms with Crippen LogP contribution in [-0.4, -0.2) is 43.8 Å². The Morgan fingerprint density at radius 2 is 1.50 bits per heavy atom. The number of carbonyl (C=O) groups is 2. The van der Waals surface area contributed by atoms with Crippen LogP contribution in [0.15, 0.2) is 86.6 Å². The fourth-order valence-corrected chi connectivity index (χ4v) is 6.06. The van der Waals surface area contributed by atoms with E-state index in [0.29, 0.717) is 10.2 Å². The molecular formula is C28H31Br2N3O4S. The van der Waals surface area contributed by atoms with Crippen LogP contribution in [0.25, 0.3) is 0 Å². The minimum absolute atomic E-state index is 0.0695. The van der Waals surface area contributed by atoms with E-state index < -0.39 is 28.5 Å². The SMILES string of the molecule is Cc1ccc(S(=O)(=O)N(CC(=O)N(Cc2cccc(Br)c2)C(C)C(=O)NC(C)C)c2cccc(Br)c2)cc1. The van der Waals surface area contributed by atoms with Crippen molar-refractivity contribution in [1.82, 2.24) is 10.2 Å². The highest BCUT2D eigenvalue weighted by Gasteiger charge is 2.32. The van der Waals surface area contributed by atoms with Gasteiger partial charge in [-0.3, -0.25) is 13.9 Å². The van der Waals surface area contributed by atoms with Crippen LogP contribution in [0, 0.1) is 6.92 Å². The summed E-state index contributed by atoms with van der Waals surface area (Å²) in [5, 5.41) is 2.85. The molecule has 0 heterocycles. The number of hydrogen-bond acceptors (Lipinski definition) is 4. The average molecular weight is 665 g/mol. The summed E-state index contributed by atoms with van der Waals surface area (Å²) in [5.74, 6) is -0.828. The lowest BCUT2D eigenvalue weighted by molar-refractivity contribution is -0.139. The predicted octanol–water partition coefficient (Wildman–Crippen LogP) is 5.66. The summed E-state index contributed by atoms with van der Waals surface area (Å²) in [4.78, 5) is 28.3. The molecule has 0 radical (unpaired) electrons. The van der Waals surface area contributed by atoms with Crippen molar-refractivity contribution in [2.24, 2.45) is 0 Å². The predicted molar refractivity (Wildman–Crippen MR) is 157 cm³/mol. The van der Waals surface area contributed by atoms with Gasteiger partial charge in [0.2, 0.25) is 11.8 Å². The maximum Gasteiger partial charge on any atom is 0.264 e. The van der Waals surface area contributed by atoms with Crippen LogP contribution < -0.4 is 9.62 Å². The highest BCUT2D eigenvalue weighted by Crippen LogP contribution is 2.27. The summed E-state index contributed by atoms with van der Waals surface area (Å²) in [7, 11) is -4.10. The zero-order valence-electron chi connectivity index (χ0n) is 21.7. The smallest absolute Gasteiger partial charge is 0.264 e. The molecule has 0 spiro atoms. The van der Waals surface area contributed by atoms with Crippen molar-refractivity contribution >= 4 is 59.4 Å². The van der Waals surface area contributed by atoms with Crippen LogP contribution in [0.1, 0.15) is 31.9 Å². The van der Waals surface area contributed by atoms with Crippen molar-refractivity contribution in [1.29, 1.82) is 0 Å². The van der Waals surface area contributed by atoms with E-state index in [4.69, 9.17) is 0 Å². The zero-order valence-corrected chi connectivity index (χ0v) is 25.7. The molecule has 10 heteroatoms. The molecule has 1 atom stereocenters. The van der Waals surface area contributed by atoms with Gasteiger partial charge in [0, 0.05) is 21.5 Å². The zero-order chi connectivity index (χ0) is 28.0. The van der Waals surface area contributed by atoms with E-state index >= 15 is 0 Å². The van der Waals surface area contributed by atoms with Gasteiger partial charge in [-0.05, 0) is 75.7 Å². The highest BCUT2D eigenvalue weighted by atomic mass is 79.9. The van der Waals surface area contributed by atoms with Gasteiger partial charge in [-0.2, -0.15) is 0 Å². The number of anilines is 1. The number of benzene rings is 3. The first-order valence-corrected chi connectivity index (χ1v) is 15.1. The summed E-state index contributed by atoms with van der Waals surface area (Å²) < 4.78 is 30.2. The quantitative estimate of drug-likeness (QED) is 0.303. The van der Waals surface area contributed by atoms with Crippen molar-refractivity contribution in [2.45, 2.75) is 51.2 Å². The lowest BCUT2D eigenvalue weighted by Gasteiger charge is -2.32. The summed E-state index contributed by atoms with van der Waals surface area (Å²) in [5.41, 5.74) is 2.04. The van der Waals surface area contributed by atoms with Crippen molar-refractivity contribution in [2.75, 3.05) is 10.8 Å². The van der Waals surface area contributed by atoms with E-state index in [2.05, 4.69) is 37.2 Å². The Hall–Kier alpha value is -2.69. The second-order valence-corrected chi connectivity index (χ2v) is 13.0. The topological polar surface area (TPSA) is 86.8 Å². The van der Waals surface area contributed by atoms with Crippen molar-refractivity contribution < 1.29 is 18.0 Å². The van der Waals surface area contributed by atoms with Gasteiger partial charge in [0.25, 0.3) is 10.0 Å². The molecule has 0 saturated carbocycles. The first kappa shape index (κ1) is 29.9. The molecule has 3 aromatic carbocycles. The Bertz CT molecular complexity index is 1400. The Morgan fingerprint density at radius 1 is 0.895 bits per heavy atom. The molecule has 0 aliphatic carbocycles. The Labute approximate surface area is 241 Å². The monoisotopic (exact) mass is 663 g/mol. The van der Waals surface area contributed by atoms with Gasteiger partial charge in [-0.1, -0.05) is 67.8 Å². The molecule has 0 aliphatic heterocycles. The fourth-order valence-electron chi connectivity index (χ4n) is 3.82. The molecule has 0 saturated heterocycles. The van der Waals surface area contributed by atoms with Crippen molar-refractivity contribution in [3.63, 3.8) is 0 Å². The van der Waals surface area contributed by atoms with Gasteiger partial charge in [0.1, 0.15) is 12.6 Å². The molecule has 0 fully saturated rings. The molecule has 0 aromatic heterocycles. The van der Waals surface area contributed by atoms with Crippen LogP contribution >= 0.6 is 31.9 Å². The number of sulfonamides is 1. The molecule has 3 rings (SSSR count). The minimum Gasteiger partial charge on any atom is -0.352 e. The number of aryl methyl sites for hydroxylation is 1. The number of hydrogen-bond donors (Lipinski definition) is 1. The molecule has 2 amide bonds. The van der Waals surface area contributed by atoms with E-state index in [9.17, 15) is 18.0 Å². The molecule has 0 bridgehead atoms. The van der Waals surface area contributed by atoms with E-state index in [0.717, 1.165) is 19.9 Å². The second kappa shape index (κ2) is 12.9. The molecule has 1 N–H and O–H groups in total. The summed E-state index contributed by atoms with van der Waals surface area (Å²) >= 11 is 6.85. The summed E-state index contributed by atoms with van der Waals surface area (Å²) in [6.45, 7) is 6.84. The van der Waals surface area contributed by atoms with E-state index in [1.54, 1.807) is 43.3 Å². The molecule has 38 heavy (non-hydrogen) atoms. The Kier molecular flexibility index (Phi) is 10.1. The van der Waals surface area contributed by atoms with Crippen molar-refractivity contribution in [3.8, 4) is 0 Å². The molecule has 7 nitrogen and oxygen atoms in total. The van der Waals surface area contributed by atoms with Crippen LogP contribution in [-0.2, 0) is 26.2 Å². The molecule has 3 aromatic rings. The third kappa shape index (κ3) is 7.68. The first-order valence-electron chi connectivity index (χ1n) is 12.1. The Morgan fingerprint density at radius 3 is 2.08 bits per heavy atom. The van der Waals surface area contributed by atoms with Crippen LogP contribution in [0.5, 0.6) is 0 Å². The van der Waals surface area contributed by atoms with E-state index in [1.807, 2.05) is 45.0 Å². The van der Waals surface area contributed by atoms with Crippen LogP contribution in [0.4, 0.5) is 5.69 Å². The minimum atomic E-state index is -4.10. The maximum absolute atomic E-state index is 13.9. The van der Waals surface area contributed by atoms with Gasteiger partial charge in [0.05, 0.1) is 10.6 Å². The molecule has 1 unspecified atom stereocenters. The van der Waals surface area contributed by atoms with E-state index in [1.165, 1.54) is 17.0 Å².